The molecule has 0 N–H and O–H groups in total. The van der Waals surface area contributed by atoms with Crippen LogP contribution in [0.15, 0.2) is 6.33 Å². The van der Waals surface area contributed by atoms with E-state index in [1.165, 1.54) is 19.3 Å². The Morgan fingerprint density at radius 2 is 2.19 bits per heavy atom. The molecule has 1 fully saturated rings. The van der Waals surface area contributed by atoms with Crippen LogP contribution in [0, 0.1) is 16.7 Å². The van der Waals surface area contributed by atoms with Crippen LogP contribution in [0.25, 0.3) is 0 Å². The maximum absolute atomic E-state index is 9.40. The van der Waals surface area contributed by atoms with Gasteiger partial charge in [-0.1, -0.05) is 19.3 Å². The summed E-state index contributed by atoms with van der Waals surface area (Å²) in [6, 6.07) is 2.53. The van der Waals surface area contributed by atoms with E-state index in [2.05, 4.69) is 23.1 Å². The SMILES string of the molecule is CCn1ncnc1CC1(C#N)CCCCC1. The normalized spacial score (nSPS) is 19.2. The van der Waals surface area contributed by atoms with Crippen molar-refractivity contribution in [1.82, 2.24) is 14.8 Å². The van der Waals surface area contributed by atoms with Gasteiger partial charge in [-0.2, -0.15) is 10.4 Å². The molecule has 0 spiro atoms. The molecule has 1 aromatic heterocycles. The van der Waals surface area contributed by atoms with Gasteiger partial charge in [0.2, 0.25) is 0 Å². The fourth-order valence-electron chi connectivity index (χ4n) is 2.55. The Hall–Kier alpha value is -1.37. The average Bonchev–Trinajstić information content (AvgIpc) is 2.77. The predicted octanol–water partition coefficient (Wildman–Crippen LogP) is 2.31. The molecule has 4 nitrogen and oxygen atoms in total. The summed E-state index contributed by atoms with van der Waals surface area (Å²) >= 11 is 0. The lowest BCUT2D eigenvalue weighted by Crippen LogP contribution is -2.26. The smallest absolute Gasteiger partial charge is 0.138 e. The van der Waals surface area contributed by atoms with Crippen molar-refractivity contribution in [2.75, 3.05) is 0 Å². The van der Waals surface area contributed by atoms with Crippen LogP contribution in [0.1, 0.15) is 44.9 Å². The van der Waals surface area contributed by atoms with Crippen LogP contribution < -0.4 is 0 Å². The van der Waals surface area contributed by atoms with Crippen LogP contribution >= 0.6 is 0 Å². The number of aromatic nitrogens is 3. The molecule has 0 aromatic carbocycles. The molecule has 86 valence electrons. The second kappa shape index (κ2) is 4.65. The van der Waals surface area contributed by atoms with Crippen molar-refractivity contribution in [2.45, 2.75) is 52.0 Å². The van der Waals surface area contributed by atoms with Crippen molar-refractivity contribution in [3.63, 3.8) is 0 Å². The predicted molar refractivity (Wildman–Crippen MR) is 60.5 cm³/mol. The summed E-state index contributed by atoms with van der Waals surface area (Å²) < 4.78 is 1.90. The Morgan fingerprint density at radius 1 is 1.44 bits per heavy atom. The first-order valence-corrected chi connectivity index (χ1v) is 6.07. The summed E-state index contributed by atoms with van der Waals surface area (Å²) in [4.78, 5) is 4.27. The van der Waals surface area contributed by atoms with E-state index in [9.17, 15) is 5.26 Å². The van der Waals surface area contributed by atoms with Crippen LogP contribution in [-0.2, 0) is 13.0 Å². The van der Waals surface area contributed by atoms with Gasteiger partial charge >= 0.3 is 0 Å². The van der Waals surface area contributed by atoms with Crippen molar-refractivity contribution < 1.29 is 0 Å². The lowest BCUT2D eigenvalue weighted by Gasteiger charge is -2.30. The van der Waals surface area contributed by atoms with Crippen molar-refractivity contribution in [2.24, 2.45) is 5.41 Å². The summed E-state index contributed by atoms with van der Waals surface area (Å²) in [5.41, 5.74) is -0.182. The first-order valence-electron chi connectivity index (χ1n) is 6.07. The molecule has 1 heterocycles. The molecule has 0 radical (unpaired) electrons. The van der Waals surface area contributed by atoms with Crippen molar-refractivity contribution in [3.8, 4) is 6.07 Å². The van der Waals surface area contributed by atoms with Gasteiger partial charge in [-0.15, -0.1) is 0 Å². The Morgan fingerprint density at radius 3 is 2.81 bits per heavy atom. The van der Waals surface area contributed by atoms with Crippen LogP contribution in [-0.4, -0.2) is 14.8 Å². The minimum Gasteiger partial charge on any atom is -0.250 e. The van der Waals surface area contributed by atoms with Crippen LogP contribution in [0.4, 0.5) is 0 Å². The highest BCUT2D eigenvalue weighted by atomic mass is 15.3. The van der Waals surface area contributed by atoms with E-state index in [-0.39, 0.29) is 5.41 Å². The van der Waals surface area contributed by atoms with Gasteiger partial charge in [0.15, 0.2) is 0 Å². The quantitative estimate of drug-likeness (QED) is 0.782. The zero-order valence-corrected chi connectivity index (χ0v) is 9.82. The molecular weight excluding hydrogens is 200 g/mol. The van der Waals surface area contributed by atoms with E-state index in [0.717, 1.165) is 31.6 Å². The first kappa shape index (κ1) is 11.1. The highest BCUT2D eigenvalue weighted by Crippen LogP contribution is 2.38. The summed E-state index contributed by atoms with van der Waals surface area (Å²) in [6.07, 6.45) is 8.00. The van der Waals surface area contributed by atoms with Crippen LogP contribution in [0.2, 0.25) is 0 Å². The lowest BCUT2D eigenvalue weighted by atomic mass is 9.73. The van der Waals surface area contributed by atoms with E-state index in [1.54, 1.807) is 6.33 Å². The van der Waals surface area contributed by atoms with E-state index in [1.807, 2.05) is 4.68 Å². The number of hydrogen-bond donors (Lipinski definition) is 0. The zero-order valence-electron chi connectivity index (χ0n) is 9.82. The van der Waals surface area contributed by atoms with Gasteiger partial charge in [0.1, 0.15) is 12.2 Å². The Labute approximate surface area is 96.3 Å². The van der Waals surface area contributed by atoms with Crippen molar-refractivity contribution >= 4 is 0 Å². The average molecular weight is 218 g/mol. The maximum Gasteiger partial charge on any atom is 0.138 e. The lowest BCUT2D eigenvalue weighted by molar-refractivity contribution is 0.258. The number of rotatable bonds is 3. The maximum atomic E-state index is 9.40. The topological polar surface area (TPSA) is 54.5 Å². The minimum absolute atomic E-state index is 0.182. The standard InChI is InChI=1S/C12H18N4/c1-2-16-11(14-10-15-16)8-12(9-13)6-4-3-5-7-12/h10H,2-8H2,1H3. The Kier molecular flexibility index (Phi) is 3.23. The first-order chi connectivity index (χ1) is 7.79. The Bertz CT molecular complexity index is 382. The third kappa shape index (κ3) is 2.08. The highest BCUT2D eigenvalue weighted by Gasteiger charge is 2.33. The molecule has 1 aliphatic rings. The third-order valence-corrected chi connectivity index (χ3v) is 3.54. The van der Waals surface area contributed by atoms with Crippen molar-refractivity contribution in [1.29, 1.82) is 5.26 Å². The number of hydrogen-bond acceptors (Lipinski definition) is 3. The number of nitriles is 1. The number of nitrogens with zero attached hydrogens (tertiary/aromatic N) is 4. The van der Waals surface area contributed by atoms with Gasteiger partial charge < -0.3 is 0 Å². The van der Waals surface area contributed by atoms with Gasteiger partial charge in [0.05, 0.1) is 11.5 Å². The fraction of sp³-hybridized carbons (Fsp3) is 0.750. The molecule has 0 saturated heterocycles. The van der Waals surface area contributed by atoms with Crippen molar-refractivity contribution in [3.05, 3.63) is 12.2 Å². The summed E-state index contributed by atoms with van der Waals surface area (Å²) in [5, 5.41) is 13.6. The minimum atomic E-state index is -0.182. The van der Waals surface area contributed by atoms with Gasteiger partial charge in [-0.25, -0.2) is 4.98 Å². The van der Waals surface area contributed by atoms with Crippen LogP contribution in [0.3, 0.4) is 0 Å². The molecule has 0 atom stereocenters. The highest BCUT2D eigenvalue weighted by molar-refractivity contribution is 5.06. The van der Waals surface area contributed by atoms with Gasteiger partial charge in [0.25, 0.3) is 0 Å². The molecule has 1 saturated carbocycles. The largest absolute Gasteiger partial charge is 0.250 e. The van der Waals surface area contributed by atoms with E-state index in [0.29, 0.717) is 0 Å². The van der Waals surface area contributed by atoms with E-state index in [4.69, 9.17) is 0 Å². The third-order valence-electron chi connectivity index (χ3n) is 3.54. The molecule has 1 aromatic rings. The molecule has 0 unspecified atom stereocenters. The second-order valence-corrected chi connectivity index (χ2v) is 4.62. The van der Waals surface area contributed by atoms with Gasteiger partial charge in [-0.05, 0) is 19.8 Å². The molecule has 0 aliphatic heterocycles. The zero-order chi connectivity index (χ0) is 11.4. The molecular formula is C12H18N4. The fourth-order valence-corrected chi connectivity index (χ4v) is 2.55. The summed E-state index contributed by atoms with van der Waals surface area (Å²) in [6.45, 7) is 2.88. The second-order valence-electron chi connectivity index (χ2n) is 4.62. The summed E-state index contributed by atoms with van der Waals surface area (Å²) in [5.74, 6) is 0.964. The molecule has 16 heavy (non-hydrogen) atoms. The summed E-state index contributed by atoms with van der Waals surface area (Å²) in [7, 11) is 0. The molecule has 2 rings (SSSR count). The monoisotopic (exact) mass is 218 g/mol. The van der Waals surface area contributed by atoms with Gasteiger partial charge in [-0.3, -0.25) is 4.68 Å². The number of aryl methyl sites for hydroxylation is 1. The molecule has 4 heteroatoms. The van der Waals surface area contributed by atoms with Gasteiger partial charge in [0, 0.05) is 13.0 Å². The van der Waals surface area contributed by atoms with Crippen LogP contribution in [0.5, 0.6) is 0 Å². The molecule has 0 amide bonds. The van der Waals surface area contributed by atoms with E-state index < -0.39 is 0 Å². The van der Waals surface area contributed by atoms with E-state index >= 15 is 0 Å². The Balaban J connectivity index is 2.15. The molecule has 0 bridgehead atoms. The molecule has 1 aliphatic carbocycles.